The number of hydrogen-bond donors (Lipinski definition) is 2. The maximum Gasteiger partial charge on any atom is 0.329 e. The van der Waals surface area contributed by atoms with Crippen molar-refractivity contribution in [3.8, 4) is 5.75 Å². The van der Waals surface area contributed by atoms with E-state index < -0.39 is 11.8 Å². The highest BCUT2D eigenvalue weighted by atomic mass is 32.1. The van der Waals surface area contributed by atoms with E-state index in [0.29, 0.717) is 18.0 Å². The monoisotopic (exact) mass is 331 g/mol. The van der Waals surface area contributed by atoms with Crippen LogP contribution in [-0.4, -0.2) is 24.6 Å². The maximum absolute atomic E-state index is 11.8. The second-order valence-corrected chi connectivity index (χ2v) is 5.53. The van der Waals surface area contributed by atoms with Gasteiger partial charge in [-0.3, -0.25) is 9.59 Å². The van der Waals surface area contributed by atoms with Crippen LogP contribution in [-0.2, 0) is 9.59 Å². The lowest BCUT2D eigenvalue weighted by Crippen LogP contribution is -2.32. The predicted octanol–water partition coefficient (Wildman–Crippen LogP) is 2.54. The molecule has 6 nitrogen and oxygen atoms in total. The number of nitrogens with zero attached hydrogens (tertiary/aromatic N) is 1. The molecule has 0 saturated heterocycles. The lowest BCUT2D eigenvalue weighted by atomic mass is 10.3. The number of amides is 2. The second kappa shape index (κ2) is 8.09. The van der Waals surface area contributed by atoms with Gasteiger partial charge >= 0.3 is 11.8 Å². The SMILES string of the molecule is CCOc1ccc(NC(=O)C(=O)N/N=C\c2sccc2C)cc1. The molecule has 2 N–H and O–H groups in total. The Balaban J connectivity index is 1.86. The van der Waals surface area contributed by atoms with Crippen LogP contribution in [0.5, 0.6) is 5.75 Å². The standard InChI is InChI=1S/C16H17N3O3S/c1-3-22-13-6-4-12(5-7-13)18-15(20)16(21)19-17-10-14-11(2)8-9-23-14/h4-10H,3H2,1-2H3,(H,18,20)(H,19,21)/b17-10-. The van der Waals surface area contributed by atoms with Crippen LogP contribution < -0.4 is 15.5 Å². The predicted molar refractivity (Wildman–Crippen MR) is 91.0 cm³/mol. The summed E-state index contributed by atoms with van der Waals surface area (Å²) in [6.07, 6.45) is 1.52. The second-order valence-electron chi connectivity index (χ2n) is 4.58. The van der Waals surface area contributed by atoms with Crippen molar-refractivity contribution in [3.63, 3.8) is 0 Å². The Morgan fingerprint density at radius 3 is 2.57 bits per heavy atom. The number of thiophene rings is 1. The molecule has 2 rings (SSSR count). The van der Waals surface area contributed by atoms with Crippen LogP contribution in [0, 0.1) is 6.92 Å². The molecule has 0 unspecified atom stereocenters. The summed E-state index contributed by atoms with van der Waals surface area (Å²) in [7, 11) is 0. The summed E-state index contributed by atoms with van der Waals surface area (Å²) in [5.41, 5.74) is 3.77. The van der Waals surface area contributed by atoms with Gasteiger partial charge in [0.2, 0.25) is 0 Å². The number of rotatable bonds is 5. The van der Waals surface area contributed by atoms with E-state index >= 15 is 0 Å². The number of hydrogen-bond acceptors (Lipinski definition) is 5. The average molecular weight is 331 g/mol. The first-order chi connectivity index (χ1) is 11.1. The highest BCUT2D eigenvalue weighted by Gasteiger charge is 2.12. The topological polar surface area (TPSA) is 79.8 Å². The molecule has 0 saturated carbocycles. The molecule has 0 aliphatic rings. The van der Waals surface area contributed by atoms with Crippen LogP contribution in [0.1, 0.15) is 17.4 Å². The molecule has 0 atom stereocenters. The first kappa shape index (κ1) is 16.7. The Morgan fingerprint density at radius 1 is 1.22 bits per heavy atom. The smallest absolute Gasteiger partial charge is 0.329 e. The number of ether oxygens (including phenoxy) is 1. The number of carbonyl (C=O) groups excluding carboxylic acids is 2. The van der Waals surface area contributed by atoms with E-state index in [9.17, 15) is 9.59 Å². The van der Waals surface area contributed by atoms with Crippen LogP contribution in [0.15, 0.2) is 40.8 Å². The van der Waals surface area contributed by atoms with Crippen LogP contribution in [0.4, 0.5) is 5.69 Å². The summed E-state index contributed by atoms with van der Waals surface area (Å²) in [4.78, 5) is 24.4. The van der Waals surface area contributed by atoms with Crippen molar-refractivity contribution >= 4 is 35.1 Å². The molecule has 2 aromatic rings. The van der Waals surface area contributed by atoms with E-state index in [1.165, 1.54) is 17.6 Å². The Hall–Kier alpha value is -2.67. The summed E-state index contributed by atoms with van der Waals surface area (Å²) < 4.78 is 5.30. The Labute approximate surface area is 138 Å². The molecule has 7 heteroatoms. The molecule has 1 heterocycles. The minimum atomic E-state index is -0.829. The summed E-state index contributed by atoms with van der Waals surface area (Å²) in [5.74, 6) is -0.913. The van der Waals surface area contributed by atoms with Gasteiger partial charge in [0.15, 0.2) is 0 Å². The minimum Gasteiger partial charge on any atom is -0.494 e. The molecule has 0 spiro atoms. The van der Waals surface area contributed by atoms with Gasteiger partial charge in [-0.25, -0.2) is 5.43 Å². The summed E-state index contributed by atoms with van der Waals surface area (Å²) >= 11 is 1.50. The molecular weight excluding hydrogens is 314 g/mol. The number of benzene rings is 1. The van der Waals surface area contributed by atoms with E-state index in [1.807, 2.05) is 25.3 Å². The molecule has 23 heavy (non-hydrogen) atoms. The number of carbonyl (C=O) groups is 2. The highest BCUT2D eigenvalue weighted by molar-refractivity contribution is 7.11. The van der Waals surface area contributed by atoms with E-state index in [4.69, 9.17) is 4.74 Å². The third-order valence-corrected chi connectivity index (χ3v) is 3.83. The quantitative estimate of drug-likeness (QED) is 0.502. The lowest BCUT2D eigenvalue weighted by molar-refractivity contribution is -0.136. The maximum atomic E-state index is 11.8. The van der Waals surface area contributed by atoms with Crippen LogP contribution in [0.3, 0.4) is 0 Å². The zero-order valence-electron chi connectivity index (χ0n) is 12.8. The van der Waals surface area contributed by atoms with E-state index in [-0.39, 0.29) is 0 Å². The van der Waals surface area contributed by atoms with Crippen molar-refractivity contribution in [2.24, 2.45) is 5.10 Å². The van der Waals surface area contributed by atoms with Gasteiger partial charge in [0, 0.05) is 10.6 Å². The molecule has 120 valence electrons. The number of nitrogens with one attached hydrogen (secondary N) is 2. The van der Waals surface area contributed by atoms with E-state index in [0.717, 1.165) is 10.4 Å². The normalized spacial score (nSPS) is 10.5. The summed E-state index contributed by atoms with van der Waals surface area (Å²) in [6, 6.07) is 8.71. The molecule has 2 amide bonds. The minimum absolute atomic E-state index is 0.506. The molecule has 1 aromatic carbocycles. The van der Waals surface area contributed by atoms with Gasteiger partial charge in [-0.1, -0.05) is 0 Å². The third-order valence-electron chi connectivity index (χ3n) is 2.88. The van der Waals surface area contributed by atoms with Crippen molar-refractivity contribution in [1.29, 1.82) is 0 Å². The zero-order chi connectivity index (χ0) is 16.7. The van der Waals surface area contributed by atoms with Crippen molar-refractivity contribution in [1.82, 2.24) is 5.43 Å². The van der Waals surface area contributed by atoms with Gasteiger partial charge in [-0.2, -0.15) is 5.10 Å². The van der Waals surface area contributed by atoms with Crippen molar-refractivity contribution in [2.45, 2.75) is 13.8 Å². The zero-order valence-corrected chi connectivity index (χ0v) is 13.6. The van der Waals surface area contributed by atoms with Crippen molar-refractivity contribution < 1.29 is 14.3 Å². The van der Waals surface area contributed by atoms with E-state index in [2.05, 4.69) is 15.8 Å². The van der Waals surface area contributed by atoms with Gasteiger partial charge < -0.3 is 10.1 Å². The number of aryl methyl sites for hydroxylation is 1. The summed E-state index contributed by atoms with van der Waals surface area (Å²) in [5, 5.41) is 8.20. The van der Waals surface area contributed by atoms with Crippen LogP contribution >= 0.6 is 11.3 Å². The van der Waals surface area contributed by atoms with Gasteiger partial charge in [-0.15, -0.1) is 11.3 Å². The lowest BCUT2D eigenvalue weighted by Gasteiger charge is -2.06. The Bertz CT molecular complexity index is 708. The molecule has 1 aromatic heterocycles. The summed E-state index contributed by atoms with van der Waals surface area (Å²) in [6.45, 7) is 4.40. The van der Waals surface area contributed by atoms with Gasteiger partial charge in [0.1, 0.15) is 5.75 Å². The van der Waals surface area contributed by atoms with Crippen molar-refractivity contribution in [2.75, 3.05) is 11.9 Å². The Morgan fingerprint density at radius 2 is 1.96 bits per heavy atom. The molecule has 0 radical (unpaired) electrons. The number of anilines is 1. The third kappa shape index (κ3) is 4.93. The van der Waals surface area contributed by atoms with Crippen LogP contribution in [0.2, 0.25) is 0 Å². The van der Waals surface area contributed by atoms with Gasteiger partial charge in [0.25, 0.3) is 0 Å². The number of hydrazone groups is 1. The molecule has 0 aliphatic heterocycles. The first-order valence-corrected chi connectivity index (χ1v) is 7.89. The average Bonchev–Trinajstić information content (AvgIpc) is 2.94. The largest absolute Gasteiger partial charge is 0.494 e. The van der Waals surface area contributed by atoms with Crippen molar-refractivity contribution in [3.05, 3.63) is 46.2 Å². The fraction of sp³-hybridized carbons (Fsp3) is 0.188. The molecule has 0 bridgehead atoms. The Kier molecular flexibility index (Phi) is 5.87. The molecular formula is C16H17N3O3S. The van der Waals surface area contributed by atoms with Gasteiger partial charge in [0.05, 0.1) is 12.8 Å². The van der Waals surface area contributed by atoms with Crippen LogP contribution in [0.25, 0.3) is 0 Å². The fourth-order valence-corrected chi connectivity index (χ4v) is 2.49. The molecule has 0 aliphatic carbocycles. The van der Waals surface area contributed by atoms with E-state index in [1.54, 1.807) is 24.3 Å². The molecule has 0 fully saturated rings. The fourth-order valence-electron chi connectivity index (χ4n) is 1.71. The van der Waals surface area contributed by atoms with Gasteiger partial charge in [-0.05, 0) is 55.1 Å². The first-order valence-electron chi connectivity index (χ1n) is 7.01. The highest BCUT2D eigenvalue weighted by Crippen LogP contribution is 2.15.